The van der Waals surface area contributed by atoms with Gasteiger partial charge in [0, 0.05) is 0 Å². The summed E-state index contributed by atoms with van der Waals surface area (Å²) in [4.78, 5) is 23.1. The van der Waals surface area contributed by atoms with Crippen LogP contribution in [0.4, 0.5) is 0 Å². The lowest BCUT2D eigenvalue weighted by Crippen LogP contribution is -2.41. The van der Waals surface area contributed by atoms with Crippen LogP contribution in [0, 0.1) is 5.92 Å². The van der Waals surface area contributed by atoms with Crippen LogP contribution in [0.3, 0.4) is 0 Å². The second-order valence-corrected chi connectivity index (χ2v) is 5.92. The van der Waals surface area contributed by atoms with Gasteiger partial charge in [-0.3, -0.25) is 9.59 Å². The Labute approximate surface area is 120 Å². The van der Waals surface area contributed by atoms with Gasteiger partial charge >= 0.3 is 19.1 Å². The maximum Gasteiger partial charge on any atom is 0.458 e. The highest BCUT2D eigenvalue weighted by Crippen LogP contribution is 2.38. The summed E-state index contributed by atoms with van der Waals surface area (Å²) in [7, 11) is 2.02. The molecule has 0 N–H and O–H groups in total. The minimum absolute atomic E-state index is 0.0484. The molecule has 6 nitrogen and oxygen atoms in total. The highest BCUT2D eigenvalue weighted by atomic mass is 16.7. The third kappa shape index (κ3) is 3.73. The van der Waals surface area contributed by atoms with Crippen LogP contribution < -0.4 is 0 Å². The molecule has 0 radical (unpaired) electrons. The molecule has 0 aliphatic carbocycles. The third-order valence-electron chi connectivity index (χ3n) is 3.95. The molecule has 1 rings (SSSR count). The van der Waals surface area contributed by atoms with Crippen LogP contribution in [0.25, 0.3) is 0 Å². The van der Waals surface area contributed by atoms with Crippen LogP contribution in [0.5, 0.6) is 0 Å². The first-order valence-corrected chi connectivity index (χ1v) is 6.63. The largest absolute Gasteiger partial charge is 0.469 e. The van der Waals surface area contributed by atoms with Gasteiger partial charge in [-0.25, -0.2) is 0 Å². The van der Waals surface area contributed by atoms with Gasteiger partial charge < -0.3 is 18.8 Å². The van der Waals surface area contributed by atoms with E-state index in [0.717, 1.165) is 0 Å². The molecule has 0 amide bonds. The summed E-state index contributed by atoms with van der Waals surface area (Å²) in [5, 5.41) is 0. The van der Waals surface area contributed by atoms with E-state index < -0.39 is 36.2 Å². The van der Waals surface area contributed by atoms with Gasteiger partial charge in [0.25, 0.3) is 0 Å². The van der Waals surface area contributed by atoms with Gasteiger partial charge in [-0.1, -0.05) is 0 Å². The number of rotatable bonds is 5. The Hall–Kier alpha value is -1.08. The van der Waals surface area contributed by atoms with E-state index in [1.54, 1.807) is 0 Å². The Morgan fingerprint density at radius 3 is 1.95 bits per heavy atom. The van der Waals surface area contributed by atoms with Crippen LogP contribution in [-0.4, -0.2) is 44.5 Å². The summed E-state index contributed by atoms with van der Waals surface area (Å²) in [6.45, 7) is 7.72. The van der Waals surface area contributed by atoms with E-state index in [1.807, 2.05) is 27.7 Å². The van der Waals surface area contributed by atoms with E-state index in [-0.39, 0.29) is 12.7 Å². The van der Waals surface area contributed by atoms with Crippen molar-refractivity contribution >= 4 is 19.1 Å². The number of hydrogen-bond donors (Lipinski definition) is 0. The van der Waals surface area contributed by atoms with Crippen LogP contribution in [-0.2, 0) is 28.4 Å². The van der Waals surface area contributed by atoms with Crippen molar-refractivity contribution < 1.29 is 28.4 Å². The Balaban J connectivity index is 2.72. The number of carbonyl (C=O) groups excluding carboxylic acids is 2. The first kappa shape index (κ1) is 17.0. The number of ether oxygens (including phenoxy) is 2. The predicted molar refractivity (Wildman–Crippen MR) is 73.0 cm³/mol. The number of hydrogen-bond acceptors (Lipinski definition) is 6. The zero-order chi connectivity index (χ0) is 15.6. The van der Waals surface area contributed by atoms with Gasteiger partial charge in [0.15, 0.2) is 0 Å². The maximum absolute atomic E-state index is 11.7. The molecule has 1 heterocycles. The summed E-state index contributed by atoms with van der Waals surface area (Å²) in [5.41, 5.74) is -0.937. The summed E-state index contributed by atoms with van der Waals surface area (Å²) >= 11 is 0. The fourth-order valence-corrected chi connectivity index (χ4v) is 2.01. The highest BCUT2D eigenvalue weighted by Gasteiger charge is 2.52. The first-order chi connectivity index (χ1) is 9.13. The minimum atomic E-state index is -0.637. The standard InChI is InChI=1S/C13H23BO6/c1-12(2)13(3,4)20-14(19-12)8-9(11(16)18-6)7-10(15)17-5/h9H,7-8H2,1-6H3. The number of methoxy groups -OCH3 is 2. The van der Waals surface area contributed by atoms with Crippen molar-refractivity contribution in [3.05, 3.63) is 0 Å². The second-order valence-electron chi connectivity index (χ2n) is 5.92. The molecular weight excluding hydrogens is 263 g/mol. The molecule has 1 saturated heterocycles. The molecule has 1 aliphatic rings. The van der Waals surface area contributed by atoms with Gasteiger partial charge in [-0.2, -0.15) is 0 Å². The number of carbonyl (C=O) groups is 2. The van der Waals surface area contributed by atoms with Crippen molar-refractivity contribution in [3.8, 4) is 0 Å². The lowest BCUT2D eigenvalue weighted by Gasteiger charge is -2.32. The maximum atomic E-state index is 11.7. The molecule has 20 heavy (non-hydrogen) atoms. The molecule has 114 valence electrons. The van der Waals surface area contributed by atoms with Crippen LogP contribution in [0.1, 0.15) is 34.1 Å². The van der Waals surface area contributed by atoms with Gasteiger partial charge in [0.05, 0.1) is 37.8 Å². The van der Waals surface area contributed by atoms with Gasteiger partial charge in [-0.05, 0) is 34.0 Å². The second kappa shape index (κ2) is 6.14. The lowest BCUT2D eigenvalue weighted by molar-refractivity contribution is -0.151. The average molecular weight is 286 g/mol. The lowest BCUT2D eigenvalue weighted by atomic mass is 9.76. The van der Waals surface area contributed by atoms with Gasteiger partial charge in [0.2, 0.25) is 0 Å². The Morgan fingerprint density at radius 1 is 1.05 bits per heavy atom. The Morgan fingerprint density at radius 2 is 1.55 bits per heavy atom. The Kier molecular flexibility index (Phi) is 5.21. The van der Waals surface area contributed by atoms with Crippen molar-refractivity contribution in [1.82, 2.24) is 0 Å². The molecule has 0 spiro atoms. The third-order valence-corrected chi connectivity index (χ3v) is 3.95. The summed E-state index contributed by atoms with van der Waals surface area (Å²) in [6, 6.07) is 0. The molecule has 7 heteroatoms. The minimum Gasteiger partial charge on any atom is -0.469 e. The van der Waals surface area contributed by atoms with Crippen molar-refractivity contribution in [1.29, 1.82) is 0 Å². The van der Waals surface area contributed by atoms with E-state index in [9.17, 15) is 9.59 Å². The fourth-order valence-electron chi connectivity index (χ4n) is 2.01. The summed E-state index contributed by atoms with van der Waals surface area (Å²) in [5.74, 6) is -1.57. The number of esters is 2. The van der Waals surface area contributed by atoms with Crippen molar-refractivity contribution in [2.75, 3.05) is 14.2 Å². The monoisotopic (exact) mass is 286 g/mol. The Bertz CT molecular complexity index is 363. The van der Waals surface area contributed by atoms with E-state index in [1.165, 1.54) is 14.2 Å². The fraction of sp³-hybridized carbons (Fsp3) is 0.846. The predicted octanol–water partition coefficient (Wildman–Crippen LogP) is 1.43. The molecule has 0 bridgehead atoms. The first-order valence-electron chi connectivity index (χ1n) is 6.63. The van der Waals surface area contributed by atoms with E-state index in [4.69, 9.17) is 14.0 Å². The topological polar surface area (TPSA) is 71.1 Å². The quantitative estimate of drug-likeness (QED) is 0.562. The molecule has 1 aliphatic heterocycles. The normalized spacial score (nSPS) is 21.4. The van der Waals surface area contributed by atoms with E-state index in [0.29, 0.717) is 0 Å². The molecule has 1 atom stereocenters. The molecule has 0 aromatic rings. The van der Waals surface area contributed by atoms with Crippen molar-refractivity contribution in [2.45, 2.75) is 51.6 Å². The van der Waals surface area contributed by atoms with Crippen molar-refractivity contribution in [2.24, 2.45) is 5.92 Å². The molecule has 0 saturated carbocycles. The highest BCUT2D eigenvalue weighted by molar-refractivity contribution is 6.46. The van der Waals surface area contributed by atoms with Crippen LogP contribution in [0.2, 0.25) is 6.32 Å². The van der Waals surface area contributed by atoms with Gasteiger partial charge in [-0.15, -0.1) is 0 Å². The van der Waals surface area contributed by atoms with Crippen LogP contribution in [0.15, 0.2) is 0 Å². The summed E-state index contributed by atoms with van der Waals surface area (Å²) < 4.78 is 21.0. The summed E-state index contributed by atoms with van der Waals surface area (Å²) in [6.07, 6.45) is 0.210. The van der Waals surface area contributed by atoms with E-state index in [2.05, 4.69) is 4.74 Å². The van der Waals surface area contributed by atoms with Crippen molar-refractivity contribution in [3.63, 3.8) is 0 Å². The van der Waals surface area contributed by atoms with Gasteiger partial charge in [0.1, 0.15) is 0 Å². The SMILES string of the molecule is COC(=O)CC(CB1OC(C)(C)C(C)(C)O1)C(=O)OC. The average Bonchev–Trinajstić information content (AvgIpc) is 2.55. The van der Waals surface area contributed by atoms with Crippen LogP contribution >= 0.6 is 0 Å². The van der Waals surface area contributed by atoms with E-state index >= 15 is 0 Å². The molecule has 0 aromatic carbocycles. The smallest absolute Gasteiger partial charge is 0.458 e. The molecule has 0 aromatic heterocycles. The molecule has 1 fully saturated rings. The zero-order valence-corrected chi connectivity index (χ0v) is 13.0. The molecular formula is C13H23BO6. The molecule has 1 unspecified atom stereocenters. The zero-order valence-electron chi connectivity index (χ0n) is 13.0.